The number of rotatable bonds is 12. The number of ether oxygens (including phenoxy) is 2. The topological polar surface area (TPSA) is 82.4 Å². The number of carbonyl (C=O) groups excluding carboxylic acids is 1. The highest BCUT2D eigenvalue weighted by atomic mass is 16.5. The standard InChI is InChI=1S/C28H31N5O3/c1-35-25-17-16-22(20-26(25)36-2)18-19-32(21-23-10-5-3-6-11-23)28(34)15-9-14-27-29-30-31-33(27)24-12-7-4-8-13-24/h3-8,10-13,16-17,20H,9,14-15,18-19,21H2,1-2H3. The third-order valence-corrected chi connectivity index (χ3v) is 6.01. The second kappa shape index (κ2) is 12.5. The third kappa shape index (κ3) is 6.47. The van der Waals surface area contributed by atoms with Crippen molar-refractivity contribution in [3.8, 4) is 17.2 Å². The van der Waals surface area contributed by atoms with Gasteiger partial charge in [0, 0.05) is 25.9 Å². The Kier molecular flexibility index (Phi) is 8.64. The van der Waals surface area contributed by atoms with E-state index >= 15 is 0 Å². The number of benzene rings is 3. The summed E-state index contributed by atoms with van der Waals surface area (Å²) in [5, 5.41) is 12.1. The van der Waals surface area contributed by atoms with Crippen molar-refractivity contribution < 1.29 is 14.3 Å². The van der Waals surface area contributed by atoms with Gasteiger partial charge in [0.15, 0.2) is 17.3 Å². The SMILES string of the molecule is COc1ccc(CCN(Cc2ccccc2)C(=O)CCCc2nnnn2-c2ccccc2)cc1OC. The molecule has 8 nitrogen and oxygen atoms in total. The van der Waals surface area contributed by atoms with E-state index in [4.69, 9.17) is 9.47 Å². The molecule has 0 spiro atoms. The molecule has 1 amide bonds. The summed E-state index contributed by atoms with van der Waals surface area (Å²) in [5.41, 5.74) is 3.09. The lowest BCUT2D eigenvalue weighted by molar-refractivity contribution is -0.131. The maximum atomic E-state index is 13.3. The van der Waals surface area contributed by atoms with E-state index in [2.05, 4.69) is 15.5 Å². The van der Waals surface area contributed by atoms with Crippen LogP contribution in [0.3, 0.4) is 0 Å². The summed E-state index contributed by atoms with van der Waals surface area (Å²) in [6, 6.07) is 25.7. The largest absolute Gasteiger partial charge is 0.493 e. The van der Waals surface area contributed by atoms with Crippen LogP contribution in [0.4, 0.5) is 0 Å². The lowest BCUT2D eigenvalue weighted by Crippen LogP contribution is -2.32. The van der Waals surface area contributed by atoms with Crippen LogP contribution in [0, 0.1) is 0 Å². The lowest BCUT2D eigenvalue weighted by atomic mass is 10.1. The average Bonchev–Trinajstić information content (AvgIpc) is 3.40. The summed E-state index contributed by atoms with van der Waals surface area (Å²) in [5.74, 6) is 2.23. The number of aryl methyl sites for hydroxylation is 1. The number of tetrazole rings is 1. The van der Waals surface area contributed by atoms with E-state index in [0.717, 1.165) is 22.6 Å². The Morgan fingerprint density at radius 3 is 2.31 bits per heavy atom. The number of aromatic nitrogens is 4. The highest BCUT2D eigenvalue weighted by molar-refractivity contribution is 5.76. The van der Waals surface area contributed by atoms with Crippen molar-refractivity contribution in [1.82, 2.24) is 25.1 Å². The van der Waals surface area contributed by atoms with Gasteiger partial charge in [0.1, 0.15) is 0 Å². The summed E-state index contributed by atoms with van der Waals surface area (Å²) in [4.78, 5) is 15.2. The quantitative estimate of drug-likeness (QED) is 0.298. The Balaban J connectivity index is 1.40. The molecule has 0 radical (unpaired) electrons. The Labute approximate surface area is 211 Å². The van der Waals surface area contributed by atoms with Gasteiger partial charge in [0.25, 0.3) is 0 Å². The summed E-state index contributed by atoms with van der Waals surface area (Å²) < 4.78 is 12.5. The van der Waals surface area contributed by atoms with E-state index in [0.29, 0.717) is 50.3 Å². The van der Waals surface area contributed by atoms with Crippen LogP contribution in [0.5, 0.6) is 11.5 Å². The van der Waals surface area contributed by atoms with E-state index in [9.17, 15) is 4.79 Å². The minimum atomic E-state index is 0.109. The predicted molar refractivity (Wildman–Crippen MR) is 137 cm³/mol. The predicted octanol–water partition coefficient (Wildman–Crippen LogP) is 4.27. The molecule has 0 atom stereocenters. The van der Waals surface area contributed by atoms with Crippen molar-refractivity contribution in [3.05, 3.63) is 95.8 Å². The molecule has 0 aliphatic heterocycles. The second-order valence-corrected chi connectivity index (χ2v) is 8.44. The molecule has 186 valence electrons. The molecule has 1 heterocycles. The molecule has 0 N–H and O–H groups in total. The first-order valence-corrected chi connectivity index (χ1v) is 12.0. The zero-order valence-corrected chi connectivity index (χ0v) is 20.7. The van der Waals surface area contributed by atoms with Crippen molar-refractivity contribution in [2.75, 3.05) is 20.8 Å². The van der Waals surface area contributed by atoms with E-state index in [-0.39, 0.29) is 5.91 Å². The molecule has 8 heteroatoms. The summed E-state index contributed by atoms with van der Waals surface area (Å²) in [7, 11) is 3.25. The van der Waals surface area contributed by atoms with Crippen molar-refractivity contribution in [2.24, 2.45) is 0 Å². The third-order valence-electron chi connectivity index (χ3n) is 6.01. The van der Waals surface area contributed by atoms with Gasteiger partial charge in [-0.1, -0.05) is 54.6 Å². The van der Waals surface area contributed by atoms with Gasteiger partial charge in [0.05, 0.1) is 19.9 Å². The summed E-state index contributed by atoms with van der Waals surface area (Å²) >= 11 is 0. The van der Waals surface area contributed by atoms with E-state index < -0.39 is 0 Å². The lowest BCUT2D eigenvalue weighted by Gasteiger charge is -2.23. The molecule has 0 aliphatic carbocycles. The second-order valence-electron chi connectivity index (χ2n) is 8.44. The molecule has 0 saturated carbocycles. The van der Waals surface area contributed by atoms with Gasteiger partial charge in [-0.2, -0.15) is 4.68 Å². The molecule has 0 bridgehead atoms. The summed E-state index contributed by atoms with van der Waals surface area (Å²) in [6.07, 6.45) is 2.40. The molecule has 0 saturated heterocycles. The fourth-order valence-electron chi connectivity index (χ4n) is 4.08. The highest BCUT2D eigenvalue weighted by Gasteiger charge is 2.16. The van der Waals surface area contributed by atoms with Gasteiger partial charge in [0.2, 0.25) is 5.91 Å². The number of hydrogen-bond acceptors (Lipinski definition) is 6. The van der Waals surface area contributed by atoms with Crippen molar-refractivity contribution in [3.63, 3.8) is 0 Å². The minimum Gasteiger partial charge on any atom is -0.493 e. The van der Waals surface area contributed by atoms with Crippen LogP contribution < -0.4 is 9.47 Å². The molecule has 4 rings (SSSR count). The first-order valence-electron chi connectivity index (χ1n) is 12.0. The van der Waals surface area contributed by atoms with Crippen molar-refractivity contribution in [1.29, 1.82) is 0 Å². The summed E-state index contributed by atoms with van der Waals surface area (Å²) in [6.45, 7) is 1.17. The van der Waals surface area contributed by atoms with Crippen LogP contribution in [0.25, 0.3) is 5.69 Å². The van der Waals surface area contributed by atoms with Crippen LogP contribution in [-0.4, -0.2) is 51.8 Å². The number of carbonyl (C=O) groups is 1. The Bertz CT molecular complexity index is 1240. The number of para-hydroxylation sites is 1. The maximum Gasteiger partial charge on any atom is 0.222 e. The molecule has 0 aliphatic rings. The average molecular weight is 486 g/mol. The van der Waals surface area contributed by atoms with Crippen molar-refractivity contribution in [2.45, 2.75) is 32.2 Å². The Hall–Kier alpha value is -4.20. The van der Waals surface area contributed by atoms with Gasteiger partial charge in [-0.3, -0.25) is 4.79 Å². The van der Waals surface area contributed by atoms with Gasteiger partial charge >= 0.3 is 0 Å². The smallest absolute Gasteiger partial charge is 0.222 e. The number of hydrogen-bond donors (Lipinski definition) is 0. The normalized spacial score (nSPS) is 10.7. The number of methoxy groups -OCH3 is 2. The fourth-order valence-corrected chi connectivity index (χ4v) is 4.08. The Morgan fingerprint density at radius 1 is 0.861 bits per heavy atom. The van der Waals surface area contributed by atoms with Crippen molar-refractivity contribution >= 4 is 5.91 Å². The number of nitrogens with zero attached hydrogens (tertiary/aromatic N) is 5. The maximum absolute atomic E-state index is 13.3. The van der Waals surface area contributed by atoms with E-state index in [1.807, 2.05) is 83.8 Å². The van der Waals surface area contributed by atoms with Gasteiger partial charge in [-0.25, -0.2) is 0 Å². The van der Waals surface area contributed by atoms with Crippen LogP contribution in [-0.2, 0) is 24.2 Å². The fraction of sp³-hybridized carbons (Fsp3) is 0.286. The van der Waals surface area contributed by atoms with E-state index in [1.54, 1.807) is 18.9 Å². The highest BCUT2D eigenvalue weighted by Crippen LogP contribution is 2.28. The Morgan fingerprint density at radius 2 is 1.58 bits per heavy atom. The van der Waals surface area contributed by atoms with Crippen LogP contribution in [0.1, 0.15) is 29.8 Å². The minimum absolute atomic E-state index is 0.109. The zero-order valence-electron chi connectivity index (χ0n) is 20.7. The van der Waals surface area contributed by atoms with Crippen LogP contribution in [0.2, 0.25) is 0 Å². The molecular weight excluding hydrogens is 454 g/mol. The van der Waals surface area contributed by atoms with Gasteiger partial charge in [-0.05, 0) is 58.7 Å². The van der Waals surface area contributed by atoms with Gasteiger partial charge < -0.3 is 14.4 Å². The molecule has 0 unspecified atom stereocenters. The zero-order chi connectivity index (χ0) is 25.2. The molecule has 0 fully saturated rings. The van der Waals surface area contributed by atoms with Crippen LogP contribution in [0.15, 0.2) is 78.9 Å². The van der Waals surface area contributed by atoms with E-state index in [1.165, 1.54) is 0 Å². The molecule has 1 aromatic heterocycles. The van der Waals surface area contributed by atoms with Gasteiger partial charge in [-0.15, -0.1) is 5.10 Å². The monoisotopic (exact) mass is 485 g/mol. The molecule has 3 aromatic carbocycles. The first-order chi connectivity index (χ1) is 17.7. The molecule has 36 heavy (non-hydrogen) atoms. The number of amides is 1. The molecule has 4 aromatic rings. The first kappa shape index (κ1) is 24.9. The van der Waals surface area contributed by atoms with Crippen LogP contribution >= 0.6 is 0 Å². The molecular formula is C28H31N5O3.